The van der Waals surface area contributed by atoms with Crippen LogP contribution >= 0.6 is 11.6 Å². The third-order valence-electron chi connectivity index (χ3n) is 3.49. The highest BCUT2D eigenvalue weighted by molar-refractivity contribution is 7.90. The Labute approximate surface area is 148 Å². The monoisotopic (exact) mass is 384 g/mol. The summed E-state index contributed by atoms with van der Waals surface area (Å²) in [5.74, 6) is 2.50. The normalized spacial score (nSPS) is 12.5. The Bertz CT molecular complexity index is 908. The van der Waals surface area contributed by atoms with Gasteiger partial charge in [-0.15, -0.1) is 6.42 Å². The van der Waals surface area contributed by atoms with Crippen LogP contribution in [0.3, 0.4) is 0 Å². The largest absolute Gasteiger partial charge is 0.361 e. The molecular formula is C16H21ClN2O3SSi. The van der Waals surface area contributed by atoms with Gasteiger partial charge in [0.2, 0.25) is 15.0 Å². The van der Waals surface area contributed by atoms with E-state index in [-0.39, 0.29) is 11.9 Å². The number of aromatic nitrogens is 2. The second-order valence-corrected chi connectivity index (χ2v) is 14.9. The highest BCUT2D eigenvalue weighted by atomic mass is 35.5. The van der Waals surface area contributed by atoms with E-state index in [1.807, 2.05) is 0 Å². The van der Waals surface area contributed by atoms with Crippen LogP contribution in [-0.2, 0) is 21.3 Å². The van der Waals surface area contributed by atoms with Crippen LogP contribution in [0.5, 0.6) is 0 Å². The molecule has 2 rings (SSSR count). The number of nitrogens with zero attached hydrogens (tertiary/aromatic N) is 2. The number of halogens is 1. The molecule has 0 atom stereocenters. The van der Waals surface area contributed by atoms with Gasteiger partial charge in [0.1, 0.15) is 12.2 Å². The Morgan fingerprint density at radius 3 is 2.58 bits per heavy atom. The third-order valence-corrected chi connectivity index (χ3v) is 6.38. The number of hydrogen-bond acceptors (Lipinski definition) is 4. The summed E-state index contributed by atoms with van der Waals surface area (Å²) in [5.41, 5.74) is 1.46. The molecule has 1 aromatic carbocycles. The van der Waals surface area contributed by atoms with Crippen LogP contribution in [0.2, 0.25) is 30.7 Å². The van der Waals surface area contributed by atoms with Crippen molar-refractivity contribution in [2.24, 2.45) is 0 Å². The first-order valence-electron chi connectivity index (χ1n) is 7.47. The fourth-order valence-electron chi connectivity index (χ4n) is 2.22. The molecule has 0 aliphatic heterocycles. The quantitative estimate of drug-likeness (QED) is 0.435. The average molecular weight is 385 g/mol. The Morgan fingerprint density at radius 1 is 1.38 bits per heavy atom. The highest BCUT2D eigenvalue weighted by Crippen LogP contribution is 2.26. The second-order valence-electron chi connectivity index (χ2n) is 6.91. The molecule has 130 valence electrons. The number of sulfone groups is 1. The van der Waals surface area contributed by atoms with Crippen molar-refractivity contribution >= 4 is 40.5 Å². The number of ether oxygens (including phenoxy) is 1. The smallest absolute Gasteiger partial charge is 0.230 e. The first kappa shape index (κ1) is 19.0. The Morgan fingerprint density at radius 2 is 2.04 bits per heavy atom. The van der Waals surface area contributed by atoms with Crippen molar-refractivity contribution in [2.45, 2.75) is 37.6 Å². The van der Waals surface area contributed by atoms with Crippen LogP contribution in [0.1, 0.15) is 5.56 Å². The standard InChI is InChI=1S/C16H21ClN2O3SSi/c1-6-12-9-13(17)10-14-15(12)18-16(23(2,20)21)19(14)11-22-7-8-24(3,4)5/h1,9-10H,7-8,11H2,2-5H3. The molecule has 0 saturated carbocycles. The van der Waals surface area contributed by atoms with E-state index in [2.05, 4.69) is 30.5 Å². The summed E-state index contributed by atoms with van der Waals surface area (Å²) in [6.07, 6.45) is 6.60. The first-order chi connectivity index (χ1) is 11.0. The average Bonchev–Trinajstić information content (AvgIpc) is 2.80. The van der Waals surface area contributed by atoms with Gasteiger partial charge in [0.05, 0.1) is 11.1 Å². The number of fused-ring (bicyclic) bond motifs is 1. The maximum atomic E-state index is 12.1. The summed E-state index contributed by atoms with van der Waals surface area (Å²) in [7, 11) is -4.75. The minimum absolute atomic E-state index is 0.0655. The zero-order valence-electron chi connectivity index (χ0n) is 14.3. The molecule has 0 bridgehead atoms. The Balaban J connectivity index is 2.46. The van der Waals surface area contributed by atoms with Crippen molar-refractivity contribution in [1.29, 1.82) is 0 Å². The SMILES string of the molecule is C#Cc1cc(Cl)cc2c1nc(S(C)(=O)=O)n2COCC[Si](C)(C)C. The Hall–Kier alpha value is -1.33. The van der Waals surface area contributed by atoms with Crippen molar-refractivity contribution in [3.63, 3.8) is 0 Å². The summed E-state index contributed by atoms with van der Waals surface area (Å²) in [5, 5.41) is 0.364. The van der Waals surface area contributed by atoms with Crippen LogP contribution < -0.4 is 0 Å². The van der Waals surface area contributed by atoms with E-state index in [0.717, 1.165) is 12.3 Å². The van der Waals surface area contributed by atoms with Crippen molar-refractivity contribution in [3.8, 4) is 12.3 Å². The fourth-order valence-corrected chi connectivity index (χ4v) is 4.00. The van der Waals surface area contributed by atoms with E-state index < -0.39 is 17.9 Å². The second kappa shape index (κ2) is 6.88. The van der Waals surface area contributed by atoms with Gasteiger partial charge in [0, 0.05) is 26.0 Å². The fraction of sp³-hybridized carbons (Fsp3) is 0.438. The van der Waals surface area contributed by atoms with Crippen LogP contribution in [0.15, 0.2) is 17.3 Å². The predicted octanol–water partition coefficient (Wildman–Crippen LogP) is 3.39. The lowest BCUT2D eigenvalue weighted by atomic mass is 10.2. The van der Waals surface area contributed by atoms with E-state index >= 15 is 0 Å². The van der Waals surface area contributed by atoms with Gasteiger partial charge in [-0.25, -0.2) is 13.4 Å². The topological polar surface area (TPSA) is 61.2 Å². The molecule has 0 spiro atoms. The first-order valence-corrected chi connectivity index (χ1v) is 13.4. The van der Waals surface area contributed by atoms with Crippen molar-refractivity contribution < 1.29 is 13.2 Å². The van der Waals surface area contributed by atoms with Crippen molar-refractivity contribution in [1.82, 2.24) is 9.55 Å². The number of benzene rings is 1. The zero-order valence-corrected chi connectivity index (χ0v) is 16.8. The predicted molar refractivity (Wildman–Crippen MR) is 99.9 cm³/mol. The van der Waals surface area contributed by atoms with Crippen molar-refractivity contribution in [3.05, 3.63) is 22.7 Å². The molecular weight excluding hydrogens is 364 g/mol. The van der Waals surface area contributed by atoms with Gasteiger partial charge in [-0.2, -0.15) is 0 Å². The van der Waals surface area contributed by atoms with E-state index in [1.165, 1.54) is 4.57 Å². The summed E-state index contributed by atoms with van der Waals surface area (Å²) in [6.45, 7) is 7.42. The maximum Gasteiger partial charge on any atom is 0.230 e. The van der Waals surface area contributed by atoms with Gasteiger partial charge in [0.25, 0.3) is 0 Å². The number of imidazole rings is 1. The summed E-state index contributed by atoms with van der Waals surface area (Å²) in [6, 6.07) is 4.24. The van der Waals surface area contributed by atoms with E-state index in [0.29, 0.717) is 28.2 Å². The maximum absolute atomic E-state index is 12.1. The van der Waals surface area contributed by atoms with Gasteiger partial charge in [0.15, 0.2) is 0 Å². The number of terminal acetylenes is 1. The molecule has 1 heterocycles. The highest BCUT2D eigenvalue weighted by Gasteiger charge is 2.22. The molecule has 24 heavy (non-hydrogen) atoms. The molecule has 5 nitrogen and oxygen atoms in total. The van der Waals surface area contributed by atoms with E-state index in [1.54, 1.807) is 12.1 Å². The number of rotatable bonds is 6. The molecule has 2 aromatic rings. The summed E-state index contributed by atoms with van der Waals surface area (Å²) in [4.78, 5) is 4.23. The van der Waals surface area contributed by atoms with Crippen LogP contribution in [0, 0.1) is 12.3 Å². The van der Waals surface area contributed by atoms with Crippen LogP contribution in [-0.4, -0.2) is 38.9 Å². The Kier molecular flexibility index (Phi) is 5.45. The summed E-state index contributed by atoms with van der Waals surface area (Å²) >= 11 is 6.10. The molecule has 1 aromatic heterocycles. The van der Waals surface area contributed by atoms with Crippen molar-refractivity contribution in [2.75, 3.05) is 12.9 Å². The summed E-state index contributed by atoms with van der Waals surface area (Å²) < 4.78 is 31.4. The lowest BCUT2D eigenvalue weighted by Crippen LogP contribution is -2.22. The molecule has 0 saturated heterocycles. The van der Waals surface area contributed by atoms with Gasteiger partial charge in [-0.05, 0) is 18.2 Å². The molecule has 8 heteroatoms. The van der Waals surface area contributed by atoms with Gasteiger partial charge >= 0.3 is 0 Å². The molecule has 0 unspecified atom stereocenters. The number of hydrogen-bond donors (Lipinski definition) is 0. The van der Waals surface area contributed by atoms with E-state index in [9.17, 15) is 8.42 Å². The molecule has 0 aliphatic rings. The molecule has 0 aliphatic carbocycles. The molecule has 0 radical (unpaired) electrons. The molecule has 0 fully saturated rings. The zero-order chi connectivity index (χ0) is 18.1. The minimum atomic E-state index is -3.53. The van der Waals surface area contributed by atoms with E-state index in [4.69, 9.17) is 22.8 Å². The third kappa shape index (κ3) is 4.39. The van der Waals surface area contributed by atoms with Gasteiger partial charge < -0.3 is 4.74 Å². The minimum Gasteiger partial charge on any atom is -0.361 e. The molecule has 0 amide bonds. The van der Waals surface area contributed by atoms with Crippen LogP contribution in [0.4, 0.5) is 0 Å². The van der Waals surface area contributed by atoms with Gasteiger partial charge in [-0.3, -0.25) is 4.57 Å². The lowest BCUT2D eigenvalue weighted by molar-refractivity contribution is 0.0838. The lowest BCUT2D eigenvalue weighted by Gasteiger charge is -2.16. The van der Waals surface area contributed by atoms with Crippen LogP contribution in [0.25, 0.3) is 11.0 Å². The molecule has 0 N–H and O–H groups in total. The van der Waals surface area contributed by atoms with Gasteiger partial charge in [-0.1, -0.05) is 37.2 Å².